The van der Waals surface area contributed by atoms with Gasteiger partial charge in [0.2, 0.25) is 0 Å². The smallest absolute Gasteiger partial charge is 0.253 e. The highest BCUT2D eigenvalue weighted by molar-refractivity contribution is 7.91. The zero-order valence-corrected chi connectivity index (χ0v) is 14.5. The Bertz CT molecular complexity index is 754. The van der Waals surface area contributed by atoms with Crippen LogP contribution in [0.25, 0.3) is 0 Å². The van der Waals surface area contributed by atoms with Gasteiger partial charge in [-0.1, -0.05) is 23.7 Å². The Hall–Kier alpha value is -0.890. The highest BCUT2D eigenvalue weighted by Gasteiger charge is 2.38. The molecule has 1 saturated heterocycles. The van der Waals surface area contributed by atoms with Crippen LogP contribution >= 0.6 is 22.9 Å². The van der Waals surface area contributed by atoms with Crippen molar-refractivity contribution < 1.29 is 12.9 Å². The second-order valence-electron chi connectivity index (χ2n) is 5.30. The van der Waals surface area contributed by atoms with E-state index in [1.165, 1.54) is 4.31 Å². The van der Waals surface area contributed by atoms with Crippen LogP contribution in [-0.2, 0) is 16.4 Å². The number of hydrogen-bond acceptors (Lipinski definition) is 5. The van der Waals surface area contributed by atoms with E-state index in [0.29, 0.717) is 16.6 Å². The average molecular weight is 361 g/mol. The van der Waals surface area contributed by atoms with E-state index in [4.69, 9.17) is 16.1 Å². The van der Waals surface area contributed by atoms with Crippen LogP contribution in [0.4, 0.5) is 0 Å². The van der Waals surface area contributed by atoms with E-state index in [-0.39, 0.29) is 10.3 Å². The molecule has 8 heteroatoms. The molecule has 1 atom stereocenters. The minimum absolute atomic E-state index is 0.250. The second kappa shape index (κ2) is 6.31. The predicted molar refractivity (Wildman–Crippen MR) is 85.7 cm³/mol. The normalized spacial score (nSPS) is 19.8. The fourth-order valence-electron chi connectivity index (χ4n) is 2.73. The molecule has 3 heterocycles. The number of rotatable bonds is 5. The number of nitrogens with zero attached hydrogens (tertiary/aromatic N) is 2. The third-order valence-electron chi connectivity index (χ3n) is 3.73. The molecule has 0 aliphatic carbocycles. The average Bonchev–Trinajstić information content (AvgIpc) is 3.17. The zero-order valence-electron chi connectivity index (χ0n) is 12.2. The van der Waals surface area contributed by atoms with Crippen molar-refractivity contribution in [2.45, 2.75) is 42.9 Å². The summed E-state index contributed by atoms with van der Waals surface area (Å²) < 4.78 is 33.1. The first-order valence-corrected chi connectivity index (χ1v) is 9.88. The summed E-state index contributed by atoms with van der Waals surface area (Å²) in [5.74, 6) is 0.806. The first kappa shape index (κ1) is 16.0. The lowest BCUT2D eigenvalue weighted by Gasteiger charge is -2.21. The Balaban J connectivity index is 1.89. The van der Waals surface area contributed by atoms with E-state index in [2.05, 4.69) is 12.1 Å². The van der Waals surface area contributed by atoms with Gasteiger partial charge in [0.05, 0.1) is 10.4 Å². The summed E-state index contributed by atoms with van der Waals surface area (Å²) in [4.78, 5) is 0. The van der Waals surface area contributed by atoms with Crippen molar-refractivity contribution in [3.05, 3.63) is 34.0 Å². The maximum atomic E-state index is 12.8. The first-order chi connectivity index (χ1) is 10.5. The Kier molecular flexibility index (Phi) is 4.59. The Morgan fingerprint density at radius 3 is 3.00 bits per heavy atom. The summed E-state index contributed by atoms with van der Waals surface area (Å²) >= 11 is 6.96. The van der Waals surface area contributed by atoms with Gasteiger partial charge in [-0.25, -0.2) is 8.42 Å². The number of thiophene rings is 1. The second-order valence-corrected chi connectivity index (χ2v) is 9.13. The van der Waals surface area contributed by atoms with Gasteiger partial charge in [-0.3, -0.25) is 0 Å². The van der Waals surface area contributed by atoms with Crippen LogP contribution in [0.1, 0.15) is 43.7 Å². The quantitative estimate of drug-likeness (QED) is 0.812. The van der Waals surface area contributed by atoms with Crippen LogP contribution in [0, 0.1) is 0 Å². The standard InChI is InChI=1S/C14H17ClN2O3S2/c1-2-4-10-9-11(16-20-10)12-5-3-8-17(12)22(18,19)14-7-6-13(15)21-14/h6-7,9,12H,2-5,8H2,1H3. The highest BCUT2D eigenvalue weighted by Crippen LogP contribution is 2.38. The van der Waals surface area contributed by atoms with Crippen molar-refractivity contribution in [1.82, 2.24) is 9.46 Å². The summed E-state index contributed by atoms with van der Waals surface area (Å²) in [6.45, 7) is 2.56. The van der Waals surface area contributed by atoms with E-state index >= 15 is 0 Å². The van der Waals surface area contributed by atoms with E-state index in [9.17, 15) is 8.42 Å². The van der Waals surface area contributed by atoms with Gasteiger partial charge < -0.3 is 4.52 Å². The molecule has 120 valence electrons. The number of aryl methyl sites for hydroxylation is 1. The molecule has 5 nitrogen and oxygen atoms in total. The van der Waals surface area contributed by atoms with Crippen molar-refractivity contribution in [3.8, 4) is 0 Å². The van der Waals surface area contributed by atoms with Crippen LogP contribution < -0.4 is 0 Å². The summed E-state index contributed by atoms with van der Waals surface area (Å²) in [7, 11) is -3.53. The molecule has 0 radical (unpaired) electrons. The maximum absolute atomic E-state index is 12.8. The van der Waals surface area contributed by atoms with Crippen molar-refractivity contribution >= 4 is 33.0 Å². The molecule has 0 amide bonds. The molecule has 0 saturated carbocycles. The van der Waals surface area contributed by atoms with Crippen molar-refractivity contribution in [2.75, 3.05) is 6.54 Å². The third-order valence-corrected chi connectivity index (χ3v) is 7.34. The van der Waals surface area contributed by atoms with Gasteiger partial charge in [-0.2, -0.15) is 4.31 Å². The van der Waals surface area contributed by atoms with E-state index in [1.54, 1.807) is 12.1 Å². The van der Waals surface area contributed by atoms with Gasteiger partial charge >= 0.3 is 0 Å². The van der Waals surface area contributed by atoms with Crippen molar-refractivity contribution in [2.24, 2.45) is 0 Å². The molecule has 2 aromatic heterocycles. The van der Waals surface area contributed by atoms with Crippen LogP contribution in [0.5, 0.6) is 0 Å². The van der Waals surface area contributed by atoms with Crippen LogP contribution in [0.3, 0.4) is 0 Å². The first-order valence-electron chi connectivity index (χ1n) is 7.25. The molecular formula is C14H17ClN2O3S2. The van der Waals surface area contributed by atoms with Gasteiger partial charge in [-0.05, 0) is 31.4 Å². The molecular weight excluding hydrogens is 344 g/mol. The van der Waals surface area contributed by atoms with Gasteiger partial charge in [-0.15, -0.1) is 11.3 Å². The Morgan fingerprint density at radius 1 is 1.50 bits per heavy atom. The molecule has 0 bridgehead atoms. The molecule has 22 heavy (non-hydrogen) atoms. The maximum Gasteiger partial charge on any atom is 0.253 e. The van der Waals surface area contributed by atoms with Crippen LogP contribution in [-0.4, -0.2) is 24.4 Å². The lowest BCUT2D eigenvalue weighted by atomic mass is 10.1. The molecule has 1 fully saturated rings. The summed E-state index contributed by atoms with van der Waals surface area (Å²) in [6.07, 6.45) is 3.36. The number of halogens is 1. The molecule has 0 N–H and O–H groups in total. The minimum atomic E-state index is -3.53. The van der Waals surface area contributed by atoms with E-state index in [0.717, 1.165) is 42.8 Å². The molecule has 2 aromatic rings. The van der Waals surface area contributed by atoms with Gasteiger partial charge in [0.15, 0.2) is 0 Å². The fraction of sp³-hybridized carbons (Fsp3) is 0.500. The van der Waals surface area contributed by atoms with Crippen LogP contribution in [0.2, 0.25) is 4.34 Å². The number of aromatic nitrogens is 1. The minimum Gasteiger partial charge on any atom is -0.361 e. The number of sulfonamides is 1. The lowest BCUT2D eigenvalue weighted by Crippen LogP contribution is -2.30. The van der Waals surface area contributed by atoms with Gasteiger partial charge in [0, 0.05) is 19.0 Å². The largest absolute Gasteiger partial charge is 0.361 e. The Morgan fingerprint density at radius 2 is 2.32 bits per heavy atom. The topological polar surface area (TPSA) is 63.4 Å². The molecule has 1 unspecified atom stereocenters. The molecule has 0 aromatic carbocycles. The predicted octanol–water partition coefficient (Wildman–Crippen LogP) is 3.87. The van der Waals surface area contributed by atoms with E-state index < -0.39 is 10.0 Å². The monoisotopic (exact) mass is 360 g/mol. The van der Waals surface area contributed by atoms with Gasteiger partial charge in [0.25, 0.3) is 10.0 Å². The summed E-state index contributed by atoms with van der Waals surface area (Å²) in [5, 5.41) is 4.08. The molecule has 0 spiro atoms. The molecule has 3 rings (SSSR count). The zero-order chi connectivity index (χ0) is 15.7. The van der Waals surface area contributed by atoms with Crippen molar-refractivity contribution in [1.29, 1.82) is 0 Å². The van der Waals surface area contributed by atoms with E-state index in [1.807, 2.05) is 6.07 Å². The lowest BCUT2D eigenvalue weighted by molar-refractivity contribution is 0.344. The third kappa shape index (κ3) is 2.95. The highest BCUT2D eigenvalue weighted by atomic mass is 35.5. The fourth-order valence-corrected chi connectivity index (χ4v) is 6.01. The van der Waals surface area contributed by atoms with Crippen molar-refractivity contribution in [3.63, 3.8) is 0 Å². The van der Waals surface area contributed by atoms with Crippen LogP contribution in [0.15, 0.2) is 26.9 Å². The SMILES string of the molecule is CCCc1cc(C2CCCN2S(=O)(=O)c2ccc(Cl)s2)no1. The van der Waals surface area contributed by atoms with Gasteiger partial charge in [0.1, 0.15) is 15.7 Å². The summed E-state index contributed by atoms with van der Waals surface area (Å²) in [6, 6.07) is 4.80. The summed E-state index contributed by atoms with van der Waals surface area (Å²) in [5.41, 5.74) is 0.701. The Labute approximate surface area is 138 Å². The molecule has 1 aliphatic heterocycles. The number of hydrogen-bond donors (Lipinski definition) is 0. The molecule has 1 aliphatic rings.